The van der Waals surface area contributed by atoms with Crippen LogP contribution in [-0.4, -0.2) is 32.2 Å². The van der Waals surface area contributed by atoms with E-state index >= 15 is 0 Å². The molecule has 0 bridgehead atoms. The van der Waals surface area contributed by atoms with Gasteiger partial charge in [0.25, 0.3) is 5.91 Å². The van der Waals surface area contributed by atoms with Crippen LogP contribution in [-0.2, 0) is 9.59 Å². The van der Waals surface area contributed by atoms with E-state index in [4.69, 9.17) is 12.2 Å². The molecule has 0 unspecified atom stereocenters. The van der Waals surface area contributed by atoms with Crippen LogP contribution in [0.25, 0.3) is 6.08 Å². The lowest BCUT2D eigenvalue weighted by Crippen LogP contribution is -2.47. The summed E-state index contributed by atoms with van der Waals surface area (Å²) in [6.07, 6.45) is 6.00. The first-order valence-corrected chi connectivity index (χ1v) is 8.89. The predicted molar refractivity (Wildman–Crippen MR) is 101 cm³/mol. The first kappa shape index (κ1) is 18.4. The number of hydrogen-bond acceptors (Lipinski definition) is 4. The highest BCUT2D eigenvalue weighted by Gasteiger charge is 2.42. The van der Waals surface area contributed by atoms with Crippen LogP contribution in [0.3, 0.4) is 0 Å². The molecule has 1 heterocycles. The summed E-state index contributed by atoms with van der Waals surface area (Å²) >= 11 is 6.39. The summed E-state index contributed by atoms with van der Waals surface area (Å²) in [7, 11) is 0. The first-order valence-electron chi connectivity index (χ1n) is 7.67. The summed E-state index contributed by atoms with van der Waals surface area (Å²) in [4.78, 5) is 25.8. The number of carboxylic acids is 1. The van der Waals surface area contributed by atoms with Gasteiger partial charge in [0.2, 0.25) is 0 Å². The van der Waals surface area contributed by atoms with Gasteiger partial charge in [-0.2, -0.15) is 0 Å². The maximum atomic E-state index is 12.6. The standard InChI is InChI=1S/C18H19NO3S2/c1-3-12(2)15(17(21)22)19-16(20)14(24-18(19)23)11-7-10-13-8-5-4-6-9-13/h4-12,15H,3H2,1-2H3,(H,21,22)/b10-7+,14-11-/t12-,15+/m1/s1. The number of rotatable bonds is 6. The fraction of sp³-hybridized carbons (Fsp3) is 0.278. The molecule has 1 N–H and O–H groups in total. The Morgan fingerprint density at radius 2 is 2.04 bits per heavy atom. The molecular formula is C18H19NO3S2. The second-order valence-electron chi connectivity index (χ2n) is 5.51. The fourth-order valence-corrected chi connectivity index (χ4v) is 3.66. The first-order chi connectivity index (χ1) is 11.5. The van der Waals surface area contributed by atoms with Crippen molar-refractivity contribution in [3.8, 4) is 0 Å². The zero-order chi connectivity index (χ0) is 17.7. The lowest BCUT2D eigenvalue weighted by Gasteiger charge is -2.27. The molecule has 1 aliphatic rings. The lowest BCUT2D eigenvalue weighted by atomic mass is 9.98. The summed E-state index contributed by atoms with van der Waals surface area (Å²) in [6, 6.07) is 8.79. The molecule has 6 heteroatoms. The maximum absolute atomic E-state index is 12.6. The van der Waals surface area contributed by atoms with E-state index < -0.39 is 12.0 Å². The number of thioether (sulfide) groups is 1. The summed E-state index contributed by atoms with van der Waals surface area (Å²) < 4.78 is 0.298. The molecular weight excluding hydrogens is 342 g/mol. The Morgan fingerprint density at radius 3 is 2.62 bits per heavy atom. The van der Waals surface area contributed by atoms with Crippen molar-refractivity contribution in [1.29, 1.82) is 0 Å². The number of carboxylic acid groups (broad SMARTS) is 1. The van der Waals surface area contributed by atoms with Gasteiger partial charge in [-0.3, -0.25) is 9.69 Å². The van der Waals surface area contributed by atoms with E-state index in [-0.39, 0.29) is 11.8 Å². The minimum absolute atomic E-state index is 0.177. The molecule has 0 spiro atoms. The molecule has 0 aliphatic carbocycles. The summed E-state index contributed by atoms with van der Waals surface area (Å²) in [5.41, 5.74) is 1.02. The van der Waals surface area contributed by atoms with Crippen molar-refractivity contribution >= 4 is 46.3 Å². The van der Waals surface area contributed by atoms with Crippen LogP contribution >= 0.6 is 24.0 Å². The third kappa shape index (κ3) is 4.13. The Bertz CT molecular complexity index is 697. The van der Waals surface area contributed by atoms with E-state index in [1.165, 1.54) is 4.90 Å². The van der Waals surface area contributed by atoms with Gasteiger partial charge in [0.05, 0.1) is 4.91 Å². The van der Waals surface area contributed by atoms with E-state index in [0.29, 0.717) is 15.6 Å². The Morgan fingerprint density at radius 1 is 1.38 bits per heavy atom. The van der Waals surface area contributed by atoms with Gasteiger partial charge in [0.15, 0.2) is 0 Å². The summed E-state index contributed by atoms with van der Waals surface area (Å²) in [5, 5.41) is 9.49. The minimum Gasteiger partial charge on any atom is -0.480 e. The van der Waals surface area contributed by atoms with E-state index in [1.54, 1.807) is 12.2 Å². The van der Waals surface area contributed by atoms with Crippen LogP contribution in [0.5, 0.6) is 0 Å². The molecule has 1 saturated heterocycles. The second kappa shape index (κ2) is 8.26. The van der Waals surface area contributed by atoms with Crippen LogP contribution in [0, 0.1) is 5.92 Å². The molecule has 1 amide bonds. The van der Waals surface area contributed by atoms with Crippen LogP contribution in [0.2, 0.25) is 0 Å². The van der Waals surface area contributed by atoms with Gasteiger partial charge in [-0.1, -0.05) is 86.7 Å². The van der Waals surface area contributed by atoms with Gasteiger partial charge in [-0.05, 0) is 17.6 Å². The topological polar surface area (TPSA) is 57.6 Å². The van der Waals surface area contributed by atoms with Crippen LogP contribution in [0.15, 0.2) is 47.4 Å². The predicted octanol–water partition coefficient (Wildman–Crippen LogP) is 3.94. The molecule has 1 aromatic carbocycles. The van der Waals surface area contributed by atoms with Crippen molar-refractivity contribution < 1.29 is 14.7 Å². The molecule has 0 aromatic heterocycles. The SMILES string of the molecule is CC[C@@H](C)[C@@H](C(=O)O)N1C(=O)/C(=C/C=C/c2ccccc2)SC1=S. The molecule has 4 nitrogen and oxygen atoms in total. The zero-order valence-electron chi connectivity index (χ0n) is 13.5. The number of amides is 1. The number of aliphatic carboxylic acids is 1. The fourth-order valence-electron chi connectivity index (χ4n) is 2.38. The van der Waals surface area contributed by atoms with Gasteiger partial charge in [0, 0.05) is 0 Å². The van der Waals surface area contributed by atoms with Crippen LogP contribution < -0.4 is 0 Å². The van der Waals surface area contributed by atoms with Crippen molar-refractivity contribution in [2.75, 3.05) is 0 Å². The number of hydrogen-bond donors (Lipinski definition) is 1. The van der Waals surface area contributed by atoms with Crippen molar-refractivity contribution in [2.45, 2.75) is 26.3 Å². The quantitative estimate of drug-likeness (QED) is 0.614. The highest BCUT2D eigenvalue weighted by Crippen LogP contribution is 2.34. The molecule has 2 rings (SSSR count). The molecule has 1 aromatic rings. The van der Waals surface area contributed by atoms with Gasteiger partial charge in [0.1, 0.15) is 10.4 Å². The second-order valence-corrected chi connectivity index (χ2v) is 7.19. The lowest BCUT2D eigenvalue weighted by molar-refractivity contribution is -0.147. The average Bonchev–Trinajstić information content (AvgIpc) is 2.83. The Hall–Kier alpha value is -1.92. The van der Waals surface area contributed by atoms with Crippen molar-refractivity contribution in [3.05, 3.63) is 53.0 Å². The van der Waals surface area contributed by atoms with Gasteiger partial charge in [-0.15, -0.1) is 0 Å². The van der Waals surface area contributed by atoms with E-state index in [1.807, 2.05) is 50.3 Å². The van der Waals surface area contributed by atoms with Crippen LogP contribution in [0.1, 0.15) is 25.8 Å². The number of carbonyl (C=O) groups is 2. The van der Waals surface area contributed by atoms with Crippen molar-refractivity contribution in [2.24, 2.45) is 5.92 Å². The average molecular weight is 361 g/mol. The summed E-state index contributed by atoms with van der Waals surface area (Å²) in [5.74, 6) is -1.54. The number of allylic oxidation sites excluding steroid dienone is 2. The van der Waals surface area contributed by atoms with Gasteiger partial charge >= 0.3 is 5.97 Å². The zero-order valence-corrected chi connectivity index (χ0v) is 15.1. The van der Waals surface area contributed by atoms with E-state index in [0.717, 1.165) is 17.3 Å². The molecule has 0 saturated carbocycles. The van der Waals surface area contributed by atoms with E-state index in [9.17, 15) is 14.7 Å². The maximum Gasteiger partial charge on any atom is 0.327 e. The smallest absolute Gasteiger partial charge is 0.327 e. The normalized spacial score (nSPS) is 19.2. The number of thiocarbonyl (C=S) groups is 1. The minimum atomic E-state index is -1.03. The Labute approximate surface area is 151 Å². The van der Waals surface area contributed by atoms with E-state index in [2.05, 4.69) is 0 Å². The third-order valence-electron chi connectivity index (χ3n) is 3.87. The highest BCUT2D eigenvalue weighted by atomic mass is 32.2. The molecule has 0 radical (unpaired) electrons. The van der Waals surface area contributed by atoms with Crippen molar-refractivity contribution in [1.82, 2.24) is 4.90 Å². The van der Waals surface area contributed by atoms with Gasteiger partial charge < -0.3 is 5.11 Å². The van der Waals surface area contributed by atoms with Crippen LogP contribution in [0.4, 0.5) is 0 Å². The molecule has 2 atom stereocenters. The monoisotopic (exact) mass is 361 g/mol. The highest BCUT2D eigenvalue weighted by molar-refractivity contribution is 8.26. The van der Waals surface area contributed by atoms with Gasteiger partial charge in [-0.25, -0.2) is 4.79 Å². The molecule has 24 heavy (non-hydrogen) atoms. The molecule has 1 aliphatic heterocycles. The summed E-state index contributed by atoms with van der Waals surface area (Å²) in [6.45, 7) is 3.72. The molecule has 1 fully saturated rings. The Kier molecular flexibility index (Phi) is 6.34. The number of carbonyl (C=O) groups excluding carboxylic acids is 1. The number of nitrogens with zero attached hydrogens (tertiary/aromatic N) is 1. The molecule has 126 valence electrons. The largest absolute Gasteiger partial charge is 0.480 e. The van der Waals surface area contributed by atoms with Crippen molar-refractivity contribution in [3.63, 3.8) is 0 Å². The number of benzene rings is 1. The Balaban J connectivity index is 2.20. The third-order valence-corrected chi connectivity index (χ3v) is 5.22.